The van der Waals surface area contributed by atoms with Crippen LogP contribution in [0, 0.1) is 6.92 Å². The number of benzene rings is 1. The maximum atomic E-state index is 10.8. The average molecular weight is 221 g/mol. The maximum Gasteiger partial charge on any atom is 0.168 e. The first-order valence-electron chi connectivity index (χ1n) is 4.48. The molecular weight excluding hydrogens is 212 g/mol. The summed E-state index contributed by atoms with van der Waals surface area (Å²) in [5.74, 6) is 0. The van der Waals surface area contributed by atoms with E-state index in [9.17, 15) is 4.79 Å². The van der Waals surface area contributed by atoms with Crippen molar-refractivity contribution in [3.63, 3.8) is 0 Å². The van der Waals surface area contributed by atoms with Gasteiger partial charge in [0.05, 0.1) is 16.9 Å². The summed E-state index contributed by atoms with van der Waals surface area (Å²) in [6.45, 7) is 1.93. The van der Waals surface area contributed by atoms with Crippen LogP contribution in [-0.4, -0.2) is 16.1 Å². The molecule has 0 bridgehead atoms. The Morgan fingerprint density at radius 2 is 2.20 bits per heavy atom. The van der Waals surface area contributed by atoms with Gasteiger partial charge >= 0.3 is 0 Å². The lowest BCUT2D eigenvalue weighted by Gasteiger charge is -2.09. The topological polar surface area (TPSA) is 34.9 Å². The highest BCUT2D eigenvalue weighted by Crippen LogP contribution is 2.23. The molecule has 15 heavy (non-hydrogen) atoms. The Labute approximate surface area is 92.3 Å². The third-order valence-corrected chi connectivity index (χ3v) is 2.50. The number of carbonyl (C=O) groups excluding carboxylic acids is 1. The van der Waals surface area contributed by atoms with Crippen LogP contribution in [0.3, 0.4) is 0 Å². The number of rotatable bonds is 2. The van der Waals surface area contributed by atoms with Crippen LogP contribution in [-0.2, 0) is 0 Å². The van der Waals surface area contributed by atoms with Crippen molar-refractivity contribution in [1.82, 2.24) is 9.78 Å². The van der Waals surface area contributed by atoms with E-state index in [1.54, 1.807) is 23.0 Å². The average Bonchev–Trinajstić information content (AvgIpc) is 2.65. The van der Waals surface area contributed by atoms with Crippen LogP contribution < -0.4 is 0 Å². The summed E-state index contributed by atoms with van der Waals surface area (Å²) < 4.78 is 1.55. The van der Waals surface area contributed by atoms with Crippen molar-refractivity contribution in [1.29, 1.82) is 0 Å². The van der Waals surface area contributed by atoms with Gasteiger partial charge in [-0.05, 0) is 24.6 Å². The summed E-state index contributed by atoms with van der Waals surface area (Å²) in [6, 6.07) is 7.22. The SMILES string of the molecule is Cc1cccc(Cl)c1-n1nccc1C=O. The minimum Gasteiger partial charge on any atom is -0.296 e. The van der Waals surface area contributed by atoms with Crippen molar-refractivity contribution in [3.8, 4) is 5.69 Å². The highest BCUT2D eigenvalue weighted by molar-refractivity contribution is 6.32. The minimum atomic E-state index is 0.492. The van der Waals surface area contributed by atoms with Crippen molar-refractivity contribution in [2.75, 3.05) is 0 Å². The highest BCUT2D eigenvalue weighted by atomic mass is 35.5. The molecule has 0 fully saturated rings. The molecule has 0 atom stereocenters. The van der Waals surface area contributed by atoms with Crippen molar-refractivity contribution in [2.24, 2.45) is 0 Å². The molecule has 0 saturated heterocycles. The second kappa shape index (κ2) is 3.87. The van der Waals surface area contributed by atoms with E-state index >= 15 is 0 Å². The van der Waals surface area contributed by atoms with E-state index in [0.29, 0.717) is 10.7 Å². The molecular formula is C11H9ClN2O. The number of halogens is 1. The molecule has 3 nitrogen and oxygen atoms in total. The number of aromatic nitrogens is 2. The summed E-state index contributed by atoms with van der Waals surface area (Å²) in [6.07, 6.45) is 2.34. The van der Waals surface area contributed by atoms with Crippen LogP contribution in [0.15, 0.2) is 30.5 Å². The molecule has 2 aromatic rings. The molecule has 0 radical (unpaired) electrons. The largest absolute Gasteiger partial charge is 0.296 e. The van der Waals surface area contributed by atoms with Gasteiger partial charge in [-0.2, -0.15) is 5.10 Å². The Bertz CT molecular complexity index is 485. The van der Waals surface area contributed by atoms with Gasteiger partial charge in [0.1, 0.15) is 5.69 Å². The molecule has 76 valence electrons. The Morgan fingerprint density at radius 1 is 1.40 bits per heavy atom. The second-order valence-corrected chi connectivity index (χ2v) is 3.60. The summed E-state index contributed by atoms with van der Waals surface area (Å²) in [7, 11) is 0. The summed E-state index contributed by atoms with van der Waals surface area (Å²) in [4.78, 5) is 10.8. The fourth-order valence-corrected chi connectivity index (χ4v) is 1.78. The Morgan fingerprint density at radius 3 is 2.87 bits per heavy atom. The van der Waals surface area contributed by atoms with E-state index in [4.69, 9.17) is 11.6 Å². The molecule has 0 N–H and O–H groups in total. The van der Waals surface area contributed by atoms with Crippen LogP contribution in [0.2, 0.25) is 5.02 Å². The molecule has 0 unspecified atom stereocenters. The fourth-order valence-electron chi connectivity index (χ4n) is 1.48. The molecule has 0 aliphatic rings. The number of nitrogens with zero attached hydrogens (tertiary/aromatic N) is 2. The van der Waals surface area contributed by atoms with E-state index < -0.39 is 0 Å². The number of aldehydes is 1. The molecule has 0 aliphatic carbocycles. The van der Waals surface area contributed by atoms with E-state index in [1.165, 1.54) is 0 Å². The zero-order valence-electron chi connectivity index (χ0n) is 8.14. The van der Waals surface area contributed by atoms with E-state index in [1.807, 2.05) is 19.1 Å². The summed E-state index contributed by atoms with van der Waals surface area (Å²) >= 11 is 6.07. The summed E-state index contributed by atoms with van der Waals surface area (Å²) in [5.41, 5.74) is 2.23. The van der Waals surface area contributed by atoms with Gasteiger partial charge in [-0.3, -0.25) is 4.79 Å². The van der Waals surface area contributed by atoms with Crippen molar-refractivity contribution >= 4 is 17.9 Å². The smallest absolute Gasteiger partial charge is 0.168 e. The molecule has 1 aromatic carbocycles. The lowest BCUT2D eigenvalue weighted by molar-refractivity contribution is 0.111. The van der Waals surface area contributed by atoms with Crippen LogP contribution in [0.4, 0.5) is 0 Å². The van der Waals surface area contributed by atoms with Crippen molar-refractivity contribution in [2.45, 2.75) is 6.92 Å². The Kier molecular flexibility index (Phi) is 2.56. The predicted molar refractivity (Wildman–Crippen MR) is 58.7 cm³/mol. The molecule has 4 heteroatoms. The number of aryl methyl sites for hydroxylation is 1. The van der Waals surface area contributed by atoms with Crippen LogP contribution in [0.1, 0.15) is 16.1 Å². The van der Waals surface area contributed by atoms with Crippen molar-refractivity contribution in [3.05, 3.63) is 46.7 Å². The van der Waals surface area contributed by atoms with Crippen LogP contribution in [0.25, 0.3) is 5.69 Å². The number of hydrogen-bond donors (Lipinski definition) is 0. The molecule has 0 saturated carbocycles. The van der Waals surface area contributed by atoms with Crippen LogP contribution >= 0.6 is 11.6 Å². The van der Waals surface area contributed by atoms with Gasteiger partial charge in [0.25, 0.3) is 0 Å². The Hall–Kier alpha value is -1.61. The molecule has 1 aromatic heterocycles. The zero-order chi connectivity index (χ0) is 10.8. The normalized spacial score (nSPS) is 10.3. The Balaban J connectivity index is 2.68. The third kappa shape index (κ3) is 1.66. The molecule has 1 heterocycles. The maximum absolute atomic E-state index is 10.8. The lowest BCUT2D eigenvalue weighted by Crippen LogP contribution is -2.03. The van der Waals surface area contributed by atoms with Gasteiger partial charge in [-0.1, -0.05) is 23.7 Å². The molecule has 0 spiro atoms. The minimum absolute atomic E-state index is 0.492. The standard InChI is InChI=1S/C11H9ClN2O/c1-8-3-2-4-10(12)11(8)14-9(7-15)5-6-13-14/h2-7H,1H3. The van der Waals surface area contributed by atoms with E-state index in [0.717, 1.165) is 17.5 Å². The van der Waals surface area contributed by atoms with Gasteiger partial charge in [0, 0.05) is 0 Å². The number of para-hydroxylation sites is 1. The molecule has 0 aliphatic heterocycles. The van der Waals surface area contributed by atoms with Gasteiger partial charge < -0.3 is 0 Å². The van der Waals surface area contributed by atoms with Crippen molar-refractivity contribution < 1.29 is 4.79 Å². The van der Waals surface area contributed by atoms with Gasteiger partial charge in [-0.15, -0.1) is 0 Å². The second-order valence-electron chi connectivity index (χ2n) is 3.19. The van der Waals surface area contributed by atoms with E-state index in [2.05, 4.69) is 5.10 Å². The third-order valence-electron chi connectivity index (χ3n) is 2.19. The van der Waals surface area contributed by atoms with Gasteiger partial charge in [-0.25, -0.2) is 4.68 Å². The monoisotopic (exact) mass is 220 g/mol. The number of hydrogen-bond acceptors (Lipinski definition) is 2. The quantitative estimate of drug-likeness (QED) is 0.730. The molecule has 0 amide bonds. The first kappa shape index (κ1) is 9.93. The zero-order valence-corrected chi connectivity index (χ0v) is 8.90. The van der Waals surface area contributed by atoms with Crippen LogP contribution in [0.5, 0.6) is 0 Å². The molecule has 2 rings (SSSR count). The fraction of sp³-hybridized carbons (Fsp3) is 0.0909. The first-order valence-corrected chi connectivity index (χ1v) is 4.86. The van der Waals surface area contributed by atoms with E-state index in [-0.39, 0.29) is 0 Å². The predicted octanol–water partition coefficient (Wildman–Crippen LogP) is 2.65. The van der Waals surface area contributed by atoms with Gasteiger partial charge in [0.2, 0.25) is 0 Å². The highest BCUT2D eigenvalue weighted by Gasteiger charge is 2.09. The number of carbonyl (C=O) groups is 1. The summed E-state index contributed by atoms with van der Waals surface area (Å²) in [5, 5.41) is 4.66. The first-order chi connectivity index (χ1) is 7.24. The lowest BCUT2D eigenvalue weighted by atomic mass is 10.2. The van der Waals surface area contributed by atoms with Gasteiger partial charge in [0.15, 0.2) is 6.29 Å².